The summed E-state index contributed by atoms with van der Waals surface area (Å²) >= 11 is 1.68. The zero-order chi connectivity index (χ0) is 13.1. The number of pyridine rings is 1. The number of rotatable bonds is 3. The lowest BCUT2D eigenvalue weighted by Gasteiger charge is -2.23. The summed E-state index contributed by atoms with van der Waals surface area (Å²) in [4.78, 5) is 6.40. The first-order valence-corrected chi connectivity index (χ1v) is 7.00. The van der Waals surface area contributed by atoms with Crippen LogP contribution in [0.5, 0.6) is 0 Å². The van der Waals surface area contributed by atoms with Crippen molar-refractivity contribution in [3.05, 3.63) is 83.0 Å². The van der Waals surface area contributed by atoms with Gasteiger partial charge in [0.15, 0.2) is 0 Å². The maximum atomic E-state index is 4.17. The zero-order valence-electron chi connectivity index (χ0n) is 10.5. The van der Waals surface area contributed by atoms with E-state index in [1.807, 2.05) is 18.3 Å². The number of hydrogen-bond donors (Lipinski definition) is 0. The van der Waals surface area contributed by atoms with E-state index in [1.54, 1.807) is 18.0 Å². The Morgan fingerprint density at radius 2 is 1.95 bits per heavy atom. The first-order chi connectivity index (χ1) is 9.34. The third-order valence-electron chi connectivity index (χ3n) is 3.03. The normalized spacial score (nSPS) is 14.6. The lowest BCUT2D eigenvalue weighted by Crippen LogP contribution is -2.15. The molecule has 0 N–H and O–H groups in total. The van der Waals surface area contributed by atoms with Crippen molar-refractivity contribution < 1.29 is 0 Å². The minimum Gasteiger partial charge on any atom is -0.331 e. The Hall–Kier alpha value is -2.00. The number of aromatic nitrogens is 1. The maximum absolute atomic E-state index is 4.17. The molecule has 94 valence electrons. The van der Waals surface area contributed by atoms with Crippen molar-refractivity contribution in [2.24, 2.45) is 0 Å². The highest BCUT2D eigenvalue weighted by atomic mass is 32.2. The molecule has 3 rings (SSSR count). The molecule has 2 aromatic rings. The molecule has 3 heteroatoms. The van der Waals surface area contributed by atoms with Crippen molar-refractivity contribution in [3.8, 4) is 0 Å². The summed E-state index contributed by atoms with van der Waals surface area (Å²) in [5.74, 6) is 0. The Morgan fingerprint density at radius 1 is 1.11 bits per heavy atom. The second-order valence-electron chi connectivity index (χ2n) is 4.33. The quantitative estimate of drug-likeness (QED) is 0.832. The summed E-state index contributed by atoms with van der Waals surface area (Å²) in [5.41, 5.74) is 3.62. The van der Waals surface area contributed by atoms with Crippen LogP contribution in [-0.2, 0) is 6.54 Å². The number of thioether (sulfide) groups is 1. The van der Waals surface area contributed by atoms with Crippen molar-refractivity contribution in [2.45, 2.75) is 6.54 Å². The molecule has 0 saturated heterocycles. The summed E-state index contributed by atoms with van der Waals surface area (Å²) in [6.07, 6.45) is 3.70. The largest absolute Gasteiger partial charge is 0.331 e. The predicted octanol–water partition coefficient (Wildman–Crippen LogP) is 4.10. The van der Waals surface area contributed by atoms with E-state index >= 15 is 0 Å². The van der Waals surface area contributed by atoms with Crippen LogP contribution in [0.4, 0.5) is 0 Å². The van der Waals surface area contributed by atoms with E-state index in [0.29, 0.717) is 0 Å². The van der Waals surface area contributed by atoms with Crippen LogP contribution in [0, 0.1) is 0 Å². The van der Waals surface area contributed by atoms with E-state index in [0.717, 1.165) is 11.6 Å². The highest BCUT2D eigenvalue weighted by Crippen LogP contribution is 2.39. The molecule has 2 heterocycles. The molecule has 0 unspecified atom stereocenters. The first-order valence-electron chi connectivity index (χ1n) is 6.12. The van der Waals surface area contributed by atoms with Gasteiger partial charge in [-0.3, -0.25) is 4.98 Å². The molecule has 0 atom stereocenters. The Balaban J connectivity index is 1.87. The van der Waals surface area contributed by atoms with E-state index in [1.165, 1.54) is 16.8 Å². The van der Waals surface area contributed by atoms with Gasteiger partial charge in [-0.25, -0.2) is 0 Å². The predicted molar refractivity (Wildman–Crippen MR) is 80.9 cm³/mol. The lowest BCUT2D eigenvalue weighted by atomic mass is 10.1. The smallest absolute Gasteiger partial charge is 0.0725 e. The van der Waals surface area contributed by atoms with Gasteiger partial charge in [-0.15, -0.1) is 0 Å². The zero-order valence-corrected chi connectivity index (χ0v) is 11.3. The van der Waals surface area contributed by atoms with Crippen molar-refractivity contribution in [2.75, 3.05) is 0 Å². The van der Waals surface area contributed by atoms with Crippen LogP contribution in [0.15, 0.2) is 71.9 Å². The van der Waals surface area contributed by atoms with Crippen LogP contribution in [-0.4, -0.2) is 9.88 Å². The van der Waals surface area contributed by atoms with Gasteiger partial charge >= 0.3 is 0 Å². The number of hydrogen-bond acceptors (Lipinski definition) is 3. The fourth-order valence-corrected chi connectivity index (χ4v) is 2.87. The van der Waals surface area contributed by atoms with Crippen molar-refractivity contribution in [3.63, 3.8) is 0 Å². The number of benzene rings is 1. The molecule has 1 aliphatic rings. The molecule has 1 aromatic carbocycles. The molecule has 0 saturated carbocycles. The van der Waals surface area contributed by atoms with Gasteiger partial charge in [-0.2, -0.15) is 0 Å². The number of nitrogens with zero attached hydrogens (tertiary/aromatic N) is 2. The molecule has 1 aliphatic heterocycles. The van der Waals surface area contributed by atoms with E-state index in [9.17, 15) is 0 Å². The highest BCUT2D eigenvalue weighted by Gasteiger charge is 2.21. The topological polar surface area (TPSA) is 16.1 Å². The molecule has 0 radical (unpaired) electrons. The fourth-order valence-electron chi connectivity index (χ4n) is 2.07. The van der Waals surface area contributed by atoms with Crippen LogP contribution in [0.2, 0.25) is 0 Å². The summed E-state index contributed by atoms with van der Waals surface area (Å²) in [7, 11) is 0. The van der Waals surface area contributed by atoms with Gasteiger partial charge in [0.2, 0.25) is 0 Å². The second kappa shape index (κ2) is 5.33. The Morgan fingerprint density at radius 3 is 2.68 bits per heavy atom. The Kier molecular flexibility index (Phi) is 3.38. The fraction of sp³-hybridized carbons (Fsp3) is 0.0625. The molecule has 0 bridgehead atoms. The molecule has 0 fully saturated rings. The minimum absolute atomic E-state index is 0.806. The molecular weight excluding hydrogens is 252 g/mol. The van der Waals surface area contributed by atoms with Gasteiger partial charge in [-0.1, -0.05) is 54.7 Å². The van der Waals surface area contributed by atoms with E-state index in [-0.39, 0.29) is 0 Å². The van der Waals surface area contributed by atoms with Crippen molar-refractivity contribution >= 4 is 17.5 Å². The lowest BCUT2D eigenvalue weighted by molar-refractivity contribution is 0.521. The summed E-state index contributed by atoms with van der Waals surface area (Å²) in [6.45, 7) is 4.93. The van der Waals surface area contributed by atoms with Crippen LogP contribution >= 0.6 is 11.8 Å². The molecule has 0 aliphatic carbocycles. The first kappa shape index (κ1) is 12.1. The molecular formula is C16H14N2S. The Bertz CT molecular complexity index is 605. The minimum atomic E-state index is 0.806. The summed E-state index contributed by atoms with van der Waals surface area (Å²) < 4.78 is 0. The van der Waals surface area contributed by atoms with E-state index in [4.69, 9.17) is 0 Å². The average Bonchev–Trinajstić information content (AvgIpc) is 2.82. The van der Waals surface area contributed by atoms with Gasteiger partial charge < -0.3 is 4.90 Å². The Labute approximate surface area is 117 Å². The third-order valence-corrected chi connectivity index (χ3v) is 3.87. The molecule has 19 heavy (non-hydrogen) atoms. The van der Waals surface area contributed by atoms with Gasteiger partial charge in [0.1, 0.15) is 0 Å². The van der Waals surface area contributed by atoms with Gasteiger partial charge in [0.25, 0.3) is 0 Å². The monoisotopic (exact) mass is 266 g/mol. The second-order valence-corrected chi connectivity index (χ2v) is 5.27. The molecule has 0 spiro atoms. The van der Waals surface area contributed by atoms with Crippen molar-refractivity contribution in [1.82, 2.24) is 9.88 Å². The van der Waals surface area contributed by atoms with E-state index in [2.05, 4.69) is 52.2 Å². The van der Waals surface area contributed by atoms with Gasteiger partial charge in [0.05, 0.1) is 17.3 Å². The maximum Gasteiger partial charge on any atom is 0.0725 e. The van der Waals surface area contributed by atoms with Crippen LogP contribution in [0.25, 0.3) is 5.70 Å². The molecule has 1 aromatic heterocycles. The molecule has 2 nitrogen and oxygen atoms in total. The SMILES string of the molecule is C=C1SC=C(c2ccccc2)N1Cc1cccnc1. The average molecular weight is 266 g/mol. The van der Waals surface area contributed by atoms with Crippen LogP contribution < -0.4 is 0 Å². The molecule has 0 amide bonds. The van der Waals surface area contributed by atoms with E-state index < -0.39 is 0 Å². The standard InChI is InChI=1S/C16H14N2S/c1-13-18(11-14-6-5-9-17-10-14)16(12-19-13)15-7-3-2-4-8-15/h2-10,12H,1,11H2. The van der Waals surface area contributed by atoms with Crippen molar-refractivity contribution in [1.29, 1.82) is 0 Å². The summed E-state index contributed by atoms with van der Waals surface area (Å²) in [6, 6.07) is 14.5. The van der Waals surface area contributed by atoms with Gasteiger partial charge in [0, 0.05) is 17.8 Å². The van der Waals surface area contributed by atoms with Crippen LogP contribution in [0.1, 0.15) is 11.1 Å². The van der Waals surface area contributed by atoms with Gasteiger partial charge in [-0.05, 0) is 17.2 Å². The van der Waals surface area contributed by atoms with Crippen LogP contribution in [0.3, 0.4) is 0 Å². The summed E-state index contributed by atoms with van der Waals surface area (Å²) in [5, 5.41) is 3.22. The highest BCUT2D eigenvalue weighted by molar-refractivity contribution is 8.06. The third kappa shape index (κ3) is 2.56.